The van der Waals surface area contributed by atoms with Gasteiger partial charge in [0, 0.05) is 14.3 Å². The Morgan fingerprint density at radius 2 is 1.67 bits per heavy atom. The summed E-state index contributed by atoms with van der Waals surface area (Å²) in [5.41, 5.74) is 2.48. The fraction of sp³-hybridized carbons (Fsp3) is 0.111. The van der Waals surface area contributed by atoms with Crippen molar-refractivity contribution in [2.75, 3.05) is 0 Å². The van der Waals surface area contributed by atoms with Crippen molar-refractivity contribution in [1.29, 1.82) is 0 Å². The van der Waals surface area contributed by atoms with Crippen molar-refractivity contribution in [3.8, 4) is 0 Å². The van der Waals surface area contributed by atoms with E-state index in [1.807, 2.05) is 18.2 Å². The van der Waals surface area contributed by atoms with Crippen LogP contribution in [0.5, 0.6) is 0 Å². The van der Waals surface area contributed by atoms with Crippen LogP contribution in [0.2, 0.25) is 5.02 Å². The Morgan fingerprint density at radius 1 is 0.905 bits per heavy atom. The third-order valence-corrected chi connectivity index (χ3v) is 5.30. The molecule has 3 heteroatoms. The highest BCUT2D eigenvalue weighted by molar-refractivity contribution is 9.11. The third-order valence-electron chi connectivity index (χ3n) is 3.52. The van der Waals surface area contributed by atoms with Crippen LogP contribution in [-0.4, -0.2) is 0 Å². The van der Waals surface area contributed by atoms with Gasteiger partial charge in [0.05, 0.1) is 0 Å². The summed E-state index contributed by atoms with van der Waals surface area (Å²) in [6.07, 6.45) is 0.920. The van der Waals surface area contributed by atoms with Crippen molar-refractivity contribution in [2.45, 2.75) is 11.2 Å². The zero-order chi connectivity index (χ0) is 14.8. The Balaban J connectivity index is 1.88. The monoisotopic (exact) mass is 422 g/mol. The summed E-state index contributed by atoms with van der Waals surface area (Å²) in [7, 11) is 0. The van der Waals surface area contributed by atoms with Crippen molar-refractivity contribution in [1.82, 2.24) is 0 Å². The highest BCUT2D eigenvalue weighted by Crippen LogP contribution is 2.34. The SMILES string of the molecule is Clc1ccc(Br)c(C(Br)Cc2ccc3ccccc3c2)c1. The largest absolute Gasteiger partial charge is 0.0843 e. The minimum atomic E-state index is 0.228. The van der Waals surface area contributed by atoms with E-state index in [1.165, 1.54) is 21.9 Å². The fourth-order valence-corrected chi connectivity index (χ4v) is 4.20. The highest BCUT2D eigenvalue weighted by Gasteiger charge is 2.13. The van der Waals surface area contributed by atoms with E-state index in [2.05, 4.69) is 74.3 Å². The molecule has 3 rings (SSSR count). The maximum absolute atomic E-state index is 6.10. The Kier molecular flexibility index (Phi) is 4.68. The van der Waals surface area contributed by atoms with Crippen LogP contribution < -0.4 is 0 Å². The standard InChI is InChI=1S/C18H13Br2Cl/c19-17-8-7-15(21)11-16(17)18(20)10-12-5-6-13-3-1-2-4-14(13)9-12/h1-9,11,18H,10H2. The van der Waals surface area contributed by atoms with Crippen molar-refractivity contribution in [2.24, 2.45) is 0 Å². The lowest BCUT2D eigenvalue weighted by atomic mass is 10.0. The first-order valence-electron chi connectivity index (χ1n) is 6.70. The first-order chi connectivity index (χ1) is 10.1. The molecule has 0 N–H and O–H groups in total. The molecular weight excluding hydrogens is 411 g/mol. The molecule has 0 saturated carbocycles. The summed E-state index contributed by atoms with van der Waals surface area (Å²) >= 11 is 13.5. The number of halogens is 3. The van der Waals surface area contributed by atoms with Gasteiger partial charge in [0.25, 0.3) is 0 Å². The summed E-state index contributed by atoms with van der Waals surface area (Å²) < 4.78 is 1.08. The van der Waals surface area contributed by atoms with Gasteiger partial charge in [-0.15, -0.1) is 0 Å². The average molecular weight is 425 g/mol. The Hall–Kier alpha value is -0.830. The number of fused-ring (bicyclic) bond motifs is 1. The van der Waals surface area contributed by atoms with Crippen LogP contribution in [0.15, 0.2) is 65.1 Å². The number of hydrogen-bond acceptors (Lipinski definition) is 0. The van der Waals surface area contributed by atoms with Crippen LogP contribution in [0.3, 0.4) is 0 Å². The molecule has 0 saturated heterocycles. The van der Waals surface area contributed by atoms with Crippen LogP contribution >= 0.6 is 43.5 Å². The maximum atomic E-state index is 6.10. The van der Waals surface area contributed by atoms with Gasteiger partial charge in [0.2, 0.25) is 0 Å². The molecule has 0 aliphatic carbocycles. The lowest BCUT2D eigenvalue weighted by Gasteiger charge is -2.13. The molecule has 3 aromatic carbocycles. The number of hydrogen-bond donors (Lipinski definition) is 0. The third kappa shape index (κ3) is 3.50. The van der Waals surface area contributed by atoms with E-state index in [0.29, 0.717) is 0 Å². The molecule has 0 heterocycles. The van der Waals surface area contributed by atoms with Gasteiger partial charge in [-0.2, -0.15) is 0 Å². The molecule has 3 aromatic rings. The van der Waals surface area contributed by atoms with Crippen LogP contribution in [-0.2, 0) is 6.42 Å². The van der Waals surface area contributed by atoms with Crippen LogP contribution in [0.25, 0.3) is 10.8 Å². The van der Waals surface area contributed by atoms with Gasteiger partial charge in [-0.3, -0.25) is 0 Å². The van der Waals surface area contributed by atoms with Gasteiger partial charge in [-0.1, -0.05) is 85.9 Å². The zero-order valence-electron chi connectivity index (χ0n) is 11.2. The van der Waals surface area contributed by atoms with Crippen LogP contribution in [0.1, 0.15) is 16.0 Å². The highest BCUT2D eigenvalue weighted by atomic mass is 79.9. The summed E-state index contributed by atoms with van der Waals surface area (Å²) in [6.45, 7) is 0. The van der Waals surface area contributed by atoms with E-state index < -0.39 is 0 Å². The van der Waals surface area contributed by atoms with E-state index in [4.69, 9.17) is 11.6 Å². The molecular formula is C18H13Br2Cl. The Labute approximate surface area is 146 Å². The Morgan fingerprint density at radius 3 is 2.48 bits per heavy atom. The molecule has 1 atom stereocenters. The molecule has 0 amide bonds. The molecule has 1 unspecified atom stereocenters. The molecule has 21 heavy (non-hydrogen) atoms. The van der Waals surface area contributed by atoms with Gasteiger partial charge in [-0.25, -0.2) is 0 Å². The minimum Gasteiger partial charge on any atom is -0.0843 e. The lowest BCUT2D eigenvalue weighted by molar-refractivity contribution is 0.945. The predicted octanol–water partition coefficient (Wildman–Crippen LogP) is 6.93. The molecule has 106 valence electrons. The molecule has 0 aliphatic heterocycles. The summed E-state index contributed by atoms with van der Waals surface area (Å²) in [5.74, 6) is 0. The van der Waals surface area contributed by atoms with Gasteiger partial charge in [-0.05, 0) is 46.5 Å². The quantitative estimate of drug-likeness (QED) is 0.400. The van der Waals surface area contributed by atoms with E-state index >= 15 is 0 Å². The second-order valence-corrected chi connectivity index (χ2v) is 7.42. The number of benzene rings is 3. The van der Waals surface area contributed by atoms with Crippen molar-refractivity contribution >= 4 is 54.2 Å². The van der Waals surface area contributed by atoms with Crippen molar-refractivity contribution in [3.05, 3.63) is 81.3 Å². The first-order valence-corrected chi connectivity index (χ1v) is 8.79. The summed E-state index contributed by atoms with van der Waals surface area (Å²) in [4.78, 5) is 0.228. The van der Waals surface area contributed by atoms with Crippen LogP contribution in [0.4, 0.5) is 0 Å². The molecule has 0 spiro atoms. The second-order valence-electron chi connectivity index (χ2n) is 5.02. The smallest absolute Gasteiger partial charge is 0.0447 e. The second kappa shape index (κ2) is 6.51. The van der Waals surface area contributed by atoms with E-state index in [-0.39, 0.29) is 4.83 Å². The van der Waals surface area contributed by atoms with E-state index in [9.17, 15) is 0 Å². The summed E-state index contributed by atoms with van der Waals surface area (Å²) in [5, 5.41) is 3.31. The summed E-state index contributed by atoms with van der Waals surface area (Å²) in [6, 6.07) is 20.9. The zero-order valence-corrected chi connectivity index (χ0v) is 15.1. The number of alkyl halides is 1. The minimum absolute atomic E-state index is 0.228. The lowest BCUT2D eigenvalue weighted by Crippen LogP contribution is -1.97. The molecule has 0 aromatic heterocycles. The molecule has 0 radical (unpaired) electrons. The number of rotatable bonds is 3. The van der Waals surface area contributed by atoms with Crippen LogP contribution in [0, 0.1) is 0 Å². The predicted molar refractivity (Wildman–Crippen MR) is 98.5 cm³/mol. The topological polar surface area (TPSA) is 0 Å². The normalized spacial score (nSPS) is 12.5. The van der Waals surface area contributed by atoms with Crippen molar-refractivity contribution in [3.63, 3.8) is 0 Å². The average Bonchev–Trinajstić information content (AvgIpc) is 2.49. The molecule has 0 aliphatic rings. The molecule has 0 nitrogen and oxygen atoms in total. The maximum Gasteiger partial charge on any atom is 0.0447 e. The van der Waals surface area contributed by atoms with Gasteiger partial charge in [0.1, 0.15) is 0 Å². The Bertz CT molecular complexity index is 783. The van der Waals surface area contributed by atoms with E-state index in [0.717, 1.165) is 15.9 Å². The van der Waals surface area contributed by atoms with Gasteiger partial charge >= 0.3 is 0 Å². The molecule has 0 fully saturated rings. The van der Waals surface area contributed by atoms with Gasteiger partial charge < -0.3 is 0 Å². The first kappa shape index (κ1) is 15.1. The fourth-order valence-electron chi connectivity index (χ4n) is 2.44. The van der Waals surface area contributed by atoms with Crippen molar-refractivity contribution < 1.29 is 0 Å². The van der Waals surface area contributed by atoms with E-state index in [1.54, 1.807) is 0 Å². The molecule has 0 bridgehead atoms. The van der Waals surface area contributed by atoms with Gasteiger partial charge in [0.15, 0.2) is 0 Å².